The summed E-state index contributed by atoms with van der Waals surface area (Å²) in [4.78, 5) is 2.07. The summed E-state index contributed by atoms with van der Waals surface area (Å²) in [5, 5.41) is 4.05. The second kappa shape index (κ2) is 8.08. The Balaban J connectivity index is 1.94. The maximum Gasteiger partial charge on any atom is 0.123 e. The number of rotatable bonds is 8. The van der Waals surface area contributed by atoms with Crippen molar-refractivity contribution in [3.8, 4) is 0 Å². The fourth-order valence-corrected chi connectivity index (χ4v) is 2.45. The minimum Gasteiger partial charge on any atom is -0.467 e. The highest BCUT2D eigenvalue weighted by atomic mass is 35.5. The van der Waals surface area contributed by atoms with E-state index in [0.29, 0.717) is 13.2 Å². The average molecular weight is 309 g/mol. The summed E-state index contributed by atoms with van der Waals surface area (Å²) in [6.07, 6.45) is 1.68. The molecular formula is C16H21ClN2O2. The van der Waals surface area contributed by atoms with E-state index in [4.69, 9.17) is 20.8 Å². The molecule has 21 heavy (non-hydrogen) atoms. The van der Waals surface area contributed by atoms with Crippen molar-refractivity contribution in [1.82, 2.24) is 5.32 Å². The summed E-state index contributed by atoms with van der Waals surface area (Å²) in [5.41, 5.74) is 2.15. The molecule has 0 aliphatic carbocycles. The van der Waals surface area contributed by atoms with E-state index >= 15 is 0 Å². The number of benzene rings is 1. The summed E-state index contributed by atoms with van der Waals surface area (Å²) in [7, 11) is 3.70. The minimum absolute atomic E-state index is 0.693. The molecule has 0 atom stereocenters. The third kappa shape index (κ3) is 4.77. The first-order valence-electron chi connectivity index (χ1n) is 6.92. The number of ether oxygens (including phenoxy) is 1. The standard InChI is InChI=1S/C16H21ClN2O2/c1-19(12-14-4-3-8-21-14)16-6-5-13(10-15(16)17)11-18-7-9-20-2/h3-6,8,10,18H,7,9,11-12H2,1-2H3. The lowest BCUT2D eigenvalue weighted by atomic mass is 10.2. The Morgan fingerprint density at radius 3 is 2.86 bits per heavy atom. The van der Waals surface area contributed by atoms with E-state index < -0.39 is 0 Å². The Hall–Kier alpha value is -1.49. The average Bonchev–Trinajstić information content (AvgIpc) is 2.96. The molecule has 0 radical (unpaired) electrons. The van der Waals surface area contributed by atoms with Crippen molar-refractivity contribution in [3.05, 3.63) is 52.9 Å². The van der Waals surface area contributed by atoms with Gasteiger partial charge in [0.1, 0.15) is 5.76 Å². The van der Waals surface area contributed by atoms with Crippen LogP contribution in [0.5, 0.6) is 0 Å². The molecular weight excluding hydrogens is 288 g/mol. The number of halogens is 1. The third-order valence-electron chi connectivity index (χ3n) is 3.21. The summed E-state index contributed by atoms with van der Waals surface area (Å²) in [5.74, 6) is 0.916. The SMILES string of the molecule is COCCNCc1ccc(N(C)Cc2ccco2)c(Cl)c1. The number of nitrogens with one attached hydrogen (secondary N) is 1. The van der Waals surface area contributed by atoms with Crippen LogP contribution < -0.4 is 10.2 Å². The molecule has 0 amide bonds. The number of furan rings is 1. The summed E-state index contributed by atoms with van der Waals surface area (Å²) in [6, 6.07) is 9.96. The third-order valence-corrected chi connectivity index (χ3v) is 3.51. The maximum absolute atomic E-state index is 6.38. The van der Waals surface area contributed by atoms with Gasteiger partial charge in [-0.05, 0) is 29.8 Å². The lowest BCUT2D eigenvalue weighted by Gasteiger charge is -2.20. The van der Waals surface area contributed by atoms with Gasteiger partial charge < -0.3 is 19.4 Å². The Bertz CT molecular complexity index is 543. The second-order valence-electron chi connectivity index (χ2n) is 4.89. The highest BCUT2D eigenvalue weighted by molar-refractivity contribution is 6.33. The molecule has 1 heterocycles. The maximum atomic E-state index is 6.38. The van der Waals surface area contributed by atoms with E-state index in [9.17, 15) is 0 Å². The fourth-order valence-electron chi connectivity index (χ4n) is 2.10. The number of hydrogen-bond donors (Lipinski definition) is 1. The van der Waals surface area contributed by atoms with Crippen molar-refractivity contribution in [2.75, 3.05) is 32.2 Å². The molecule has 0 aliphatic rings. The predicted octanol–water partition coefficient (Wildman–Crippen LogP) is 3.31. The Morgan fingerprint density at radius 2 is 2.19 bits per heavy atom. The molecule has 0 saturated carbocycles. The summed E-state index contributed by atoms with van der Waals surface area (Å²) >= 11 is 6.38. The molecule has 0 spiro atoms. The zero-order valence-electron chi connectivity index (χ0n) is 12.4. The van der Waals surface area contributed by atoms with Crippen molar-refractivity contribution >= 4 is 17.3 Å². The Labute approximate surface area is 130 Å². The van der Waals surface area contributed by atoms with Crippen LogP contribution in [0.2, 0.25) is 5.02 Å². The lowest BCUT2D eigenvalue weighted by molar-refractivity contribution is 0.199. The van der Waals surface area contributed by atoms with Gasteiger partial charge in [0.2, 0.25) is 0 Å². The highest BCUT2D eigenvalue weighted by Gasteiger charge is 2.09. The Morgan fingerprint density at radius 1 is 1.33 bits per heavy atom. The molecule has 114 valence electrons. The molecule has 0 bridgehead atoms. The quantitative estimate of drug-likeness (QED) is 0.759. The molecule has 0 aliphatic heterocycles. The summed E-state index contributed by atoms with van der Waals surface area (Å²) in [6.45, 7) is 3.01. The molecule has 0 saturated heterocycles. The first-order valence-corrected chi connectivity index (χ1v) is 7.30. The van der Waals surface area contributed by atoms with E-state index in [1.165, 1.54) is 0 Å². The van der Waals surface area contributed by atoms with Crippen LogP contribution in [0.25, 0.3) is 0 Å². The number of methoxy groups -OCH3 is 1. The van der Waals surface area contributed by atoms with Crippen LogP contribution >= 0.6 is 11.6 Å². The van der Waals surface area contributed by atoms with Gasteiger partial charge in [0.25, 0.3) is 0 Å². The highest BCUT2D eigenvalue weighted by Crippen LogP contribution is 2.27. The minimum atomic E-state index is 0.693. The predicted molar refractivity (Wildman–Crippen MR) is 85.8 cm³/mol. The van der Waals surface area contributed by atoms with Gasteiger partial charge in [-0.25, -0.2) is 0 Å². The second-order valence-corrected chi connectivity index (χ2v) is 5.30. The van der Waals surface area contributed by atoms with Gasteiger partial charge in [0.15, 0.2) is 0 Å². The molecule has 1 aromatic carbocycles. The lowest BCUT2D eigenvalue weighted by Crippen LogP contribution is -2.19. The Kier molecular flexibility index (Phi) is 6.11. The van der Waals surface area contributed by atoms with E-state index in [0.717, 1.165) is 35.1 Å². The van der Waals surface area contributed by atoms with Crippen LogP contribution in [-0.2, 0) is 17.8 Å². The molecule has 4 nitrogen and oxygen atoms in total. The van der Waals surface area contributed by atoms with E-state index in [1.54, 1.807) is 13.4 Å². The van der Waals surface area contributed by atoms with Gasteiger partial charge in [-0.1, -0.05) is 17.7 Å². The zero-order valence-corrected chi connectivity index (χ0v) is 13.2. The smallest absolute Gasteiger partial charge is 0.123 e. The largest absolute Gasteiger partial charge is 0.467 e. The molecule has 1 N–H and O–H groups in total. The van der Waals surface area contributed by atoms with Crippen LogP contribution in [0.1, 0.15) is 11.3 Å². The van der Waals surface area contributed by atoms with Crippen LogP contribution in [-0.4, -0.2) is 27.3 Å². The number of nitrogens with zero attached hydrogens (tertiary/aromatic N) is 1. The van der Waals surface area contributed by atoms with Crippen LogP contribution in [0, 0.1) is 0 Å². The van der Waals surface area contributed by atoms with Crippen molar-refractivity contribution in [2.24, 2.45) is 0 Å². The van der Waals surface area contributed by atoms with Gasteiger partial charge in [-0.3, -0.25) is 0 Å². The molecule has 1 aromatic heterocycles. The van der Waals surface area contributed by atoms with Crippen LogP contribution in [0.15, 0.2) is 41.0 Å². The molecule has 2 aromatic rings. The van der Waals surface area contributed by atoms with Crippen molar-refractivity contribution in [1.29, 1.82) is 0 Å². The molecule has 0 unspecified atom stereocenters. The molecule has 5 heteroatoms. The normalized spacial score (nSPS) is 10.8. The van der Waals surface area contributed by atoms with E-state index in [-0.39, 0.29) is 0 Å². The van der Waals surface area contributed by atoms with Gasteiger partial charge >= 0.3 is 0 Å². The van der Waals surface area contributed by atoms with E-state index in [2.05, 4.69) is 16.3 Å². The number of anilines is 1. The first-order chi connectivity index (χ1) is 10.2. The molecule has 2 rings (SSSR count). The van der Waals surface area contributed by atoms with Crippen molar-refractivity contribution in [2.45, 2.75) is 13.1 Å². The van der Waals surface area contributed by atoms with Gasteiger partial charge in [0.05, 0.1) is 30.1 Å². The van der Waals surface area contributed by atoms with Gasteiger partial charge in [0, 0.05) is 27.2 Å². The van der Waals surface area contributed by atoms with Crippen molar-refractivity contribution in [3.63, 3.8) is 0 Å². The van der Waals surface area contributed by atoms with Gasteiger partial charge in [-0.15, -0.1) is 0 Å². The first kappa shape index (κ1) is 15.9. The fraction of sp³-hybridized carbons (Fsp3) is 0.375. The van der Waals surface area contributed by atoms with Crippen LogP contribution in [0.4, 0.5) is 5.69 Å². The zero-order chi connectivity index (χ0) is 15.1. The monoisotopic (exact) mass is 308 g/mol. The van der Waals surface area contributed by atoms with Crippen LogP contribution in [0.3, 0.4) is 0 Å². The van der Waals surface area contributed by atoms with Gasteiger partial charge in [-0.2, -0.15) is 0 Å². The molecule has 0 fully saturated rings. The van der Waals surface area contributed by atoms with Crippen molar-refractivity contribution < 1.29 is 9.15 Å². The number of hydrogen-bond acceptors (Lipinski definition) is 4. The summed E-state index contributed by atoms with van der Waals surface area (Å²) < 4.78 is 10.4. The topological polar surface area (TPSA) is 37.6 Å². The van der Waals surface area contributed by atoms with E-state index in [1.807, 2.05) is 31.3 Å².